The summed E-state index contributed by atoms with van der Waals surface area (Å²) in [6.07, 6.45) is 2.14. The van der Waals surface area contributed by atoms with Crippen LogP contribution in [0.15, 0.2) is 21.1 Å². The molecule has 3 N–H and O–H groups in total. The lowest BCUT2D eigenvalue weighted by molar-refractivity contribution is 0.599. The van der Waals surface area contributed by atoms with Gasteiger partial charge in [-0.1, -0.05) is 13.0 Å². The van der Waals surface area contributed by atoms with Crippen molar-refractivity contribution in [2.75, 3.05) is 16.8 Å². The number of hydrogen-bond donors (Lipinski definition) is 2. The van der Waals surface area contributed by atoms with Gasteiger partial charge in [-0.25, -0.2) is 13.2 Å². The largest absolute Gasteiger partial charge is 0.383 e. The van der Waals surface area contributed by atoms with E-state index < -0.39 is 27.1 Å². The van der Waals surface area contributed by atoms with Crippen LogP contribution >= 0.6 is 0 Å². The quantitative estimate of drug-likeness (QED) is 0.756. The van der Waals surface area contributed by atoms with Gasteiger partial charge in [-0.3, -0.25) is 13.9 Å². The zero-order valence-corrected chi connectivity index (χ0v) is 12.7. The molecule has 0 amide bonds. The maximum Gasteiger partial charge on any atom is 0.332 e. The highest BCUT2D eigenvalue weighted by atomic mass is 32.2. The van der Waals surface area contributed by atoms with Crippen LogP contribution in [0.4, 0.5) is 11.5 Å². The van der Waals surface area contributed by atoms with Crippen molar-refractivity contribution in [3.05, 3.63) is 32.3 Å². The molecule has 116 valence electrons. The molecule has 0 spiro atoms. The molecule has 9 heteroatoms. The number of anilines is 2. The Morgan fingerprint density at radius 1 is 1.43 bits per heavy atom. The highest BCUT2D eigenvalue weighted by Gasteiger charge is 2.24. The molecule has 1 atom stereocenters. The summed E-state index contributed by atoms with van der Waals surface area (Å²) >= 11 is 0. The fraction of sp³-hybridized carbons (Fsp3) is 0.500. The summed E-state index contributed by atoms with van der Waals surface area (Å²) in [6.45, 7) is 2.27. The van der Waals surface area contributed by atoms with Crippen molar-refractivity contribution in [1.29, 1.82) is 0 Å². The van der Waals surface area contributed by atoms with E-state index in [2.05, 4.69) is 5.32 Å². The smallest absolute Gasteiger partial charge is 0.332 e. The molecule has 2 heterocycles. The third-order valence-corrected chi connectivity index (χ3v) is 4.69. The molecule has 0 saturated heterocycles. The Morgan fingerprint density at radius 3 is 2.62 bits per heavy atom. The van der Waals surface area contributed by atoms with Gasteiger partial charge in [-0.15, -0.1) is 0 Å². The molecule has 2 rings (SSSR count). The molecule has 0 aliphatic carbocycles. The van der Waals surface area contributed by atoms with Crippen LogP contribution in [0.3, 0.4) is 0 Å². The highest BCUT2D eigenvalue weighted by Crippen LogP contribution is 2.17. The van der Waals surface area contributed by atoms with Crippen molar-refractivity contribution in [3.8, 4) is 0 Å². The molecule has 0 aromatic carbocycles. The van der Waals surface area contributed by atoms with Crippen molar-refractivity contribution in [3.63, 3.8) is 0 Å². The fourth-order valence-electron chi connectivity index (χ4n) is 2.21. The van der Waals surface area contributed by atoms with Crippen molar-refractivity contribution < 1.29 is 8.42 Å². The molecule has 0 bridgehead atoms. The predicted octanol–water partition coefficient (Wildman–Crippen LogP) is -0.738. The monoisotopic (exact) mass is 314 g/mol. The number of nitrogen functional groups attached to an aromatic ring is 1. The first-order valence-corrected chi connectivity index (χ1v) is 8.25. The van der Waals surface area contributed by atoms with Crippen molar-refractivity contribution >= 4 is 21.3 Å². The van der Waals surface area contributed by atoms with Gasteiger partial charge in [0.1, 0.15) is 11.5 Å². The van der Waals surface area contributed by atoms with E-state index in [1.165, 1.54) is 17.7 Å². The van der Waals surface area contributed by atoms with Crippen molar-refractivity contribution in [2.24, 2.45) is 7.05 Å². The summed E-state index contributed by atoms with van der Waals surface area (Å²) in [5.74, 6) is -0.106. The fourth-order valence-corrected chi connectivity index (χ4v) is 3.44. The molecule has 1 aliphatic heterocycles. The number of aromatic nitrogens is 2. The lowest BCUT2D eigenvalue weighted by Gasteiger charge is -2.17. The summed E-state index contributed by atoms with van der Waals surface area (Å²) in [4.78, 5) is 24.2. The second-order valence-corrected chi connectivity index (χ2v) is 6.90. The minimum absolute atomic E-state index is 0.0302. The highest BCUT2D eigenvalue weighted by molar-refractivity contribution is 7.94. The first-order chi connectivity index (χ1) is 9.76. The topological polar surface area (TPSA) is 116 Å². The normalized spacial score (nSPS) is 19.8. The number of nitrogens with one attached hydrogen (secondary N) is 1. The Labute approximate surface area is 121 Å². The van der Waals surface area contributed by atoms with Crippen LogP contribution in [0.2, 0.25) is 0 Å². The lowest BCUT2D eigenvalue weighted by Crippen LogP contribution is -2.41. The van der Waals surface area contributed by atoms with Crippen LogP contribution < -0.4 is 22.3 Å². The zero-order chi connectivity index (χ0) is 15.8. The molecular formula is C12H18N4O4S. The summed E-state index contributed by atoms with van der Waals surface area (Å²) < 4.78 is 25.1. The first-order valence-electron chi connectivity index (χ1n) is 6.53. The van der Waals surface area contributed by atoms with E-state index in [0.29, 0.717) is 13.0 Å². The average Bonchev–Trinajstić information content (AvgIpc) is 2.77. The van der Waals surface area contributed by atoms with Gasteiger partial charge in [-0.2, -0.15) is 0 Å². The SMILES string of the molecule is CCCn1c(N)c(NC2C=CS(=O)(=O)C2)c(=O)n(C)c1=O. The van der Waals surface area contributed by atoms with Gasteiger partial charge in [0.25, 0.3) is 5.56 Å². The first kappa shape index (κ1) is 15.4. The number of hydrogen-bond acceptors (Lipinski definition) is 6. The molecular weight excluding hydrogens is 296 g/mol. The Balaban J connectivity index is 2.47. The van der Waals surface area contributed by atoms with Gasteiger partial charge in [0.2, 0.25) is 0 Å². The Bertz CT molecular complexity index is 804. The molecule has 0 saturated carbocycles. The van der Waals surface area contributed by atoms with E-state index in [0.717, 1.165) is 9.98 Å². The molecule has 0 radical (unpaired) electrons. The minimum Gasteiger partial charge on any atom is -0.383 e. The third-order valence-electron chi connectivity index (χ3n) is 3.29. The van der Waals surface area contributed by atoms with Gasteiger partial charge in [0.15, 0.2) is 9.84 Å². The van der Waals surface area contributed by atoms with E-state index in [1.807, 2.05) is 6.92 Å². The van der Waals surface area contributed by atoms with Gasteiger partial charge in [-0.05, 0) is 6.42 Å². The number of sulfone groups is 1. The van der Waals surface area contributed by atoms with E-state index in [-0.39, 0.29) is 17.3 Å². The molecule has 21 heavy (non-hydrogen) atoms. The standard InChI is InChI=1S/C12H18N4O4S/c1-3-5-16-10(13)9(11(17)15(2)12(16)18)14-8-4-6-21(19,20)7-8/h4,6,8,14H,3,5,7,13H2,1-2H3. The van der Waals surface area contributed by atoms with Crippen LogP contribution in [0, 0.1) is 0 Å². The average molecular weight is 314 g/mol. The van der Waals surface area contributed by atoms with Gasteiger partial charge in [0.05, 0.1) is 11.8 Å². The third kappa shape index (κ3) is 2.87. The Morgan fingerprint density at radius 2 is 2.10 bits per heavy atom. The Kier molecular flexibility index (Phi) is 3.95. The molecule has 0 fully saturated rings. The molecule has 1 aliphatic rings. The van der Waals surface area contributed by atoms with Gasteiger partial charge >= 0.3 is 5.69 Å². The number of nitrogens with two attached hydrogens (primary N) is 1. The number of nitrogens with zero attached hydrogens (tertiary/aromatic N) is 2. The lowest BCUT2D eigenvalue weighted by atomic mass is 10.3. The van der Waals surface area contributed by atoms with Crippen molar-refractivity contribution in [1.82, 2.24) is 9.13 Å². The zero-order valence-electron chi connectivity index (χ0n) is 11.9. The predicted molar refractivity (Wildman–Crippen MR) is 81.0 cm³/mol. The Hall–Kier alpha value is -2.03. The summed E-state index contributed by atoms with van der Waals surface area (Å²) in [7, 11) is -1.88. The molecule has 1 unspecified atom stereocenters. The summed E-state index contributed by atoms with van der Waals surface area (Å²) in [5.41, 5.74) is 4.90. The van der Waals surface area contributed by atoms with Crippen LogP contribution in [-0.2, 0) is 23.4 Å². The van der Waals surface area contributed by atoms with Crippen LogP contribution in [0.25, 0.3) is 0 Å². The van der Waals surface area contributed by atoms with E-state index in [1.54, 1.807) is 0 Å². The number of rotatable bonds is 4. The van der Waals surface area contributed by atoms with Crippen LogP contribution in [0.1, 0.15) is 13.3 Å². The second kappa shape index (κ2) is 5.40. The van der Waals surface area contributed by atoms with E-state index in [9.17, 15) is 18.0 Å². The van der Waals surface area contributed by atoms with Crippen molar-refractivity contribution in [2.45, 2.75) is 25.9 Å². The van der Waals surface area contributed by atoms with E-state index >= 15 is 0 Å². The molecule has 1 aromatic rings. The van der Waals surface area contributed by atoms with Gasteiger partial charge < -0.3 is 11.1 Å². The van der Waals surface area contributed by atoms with E-state index in [4.69, 9.17) is 5.73 Å². The summed E-state index contributed by atoms with van der Waals surface area (Å²) in [6, 6.07) is -0.530. The van der Waals surface area contributed by atoms with Gasteiger partial charge in [0, 0.05) is 19.0 Å². The van der Waals surface area contributed by atoms with Crippen LogP contribution in [0.5, 0.6) is 0 Å². The maximum atomic E-state index is 12.1. The summed E-state index contributed by atoms with van der Waals surface area (Å²) in [5, 5.41) is 3.92. The van der Waals surface area contributed by atoms with Crippen LogP contribution in [-0.4, -0.2) is 29.3 Å². The maximum absolute atomic E-state index is 12.1. The molecule has 8 nitrogen and oxygen atoms in total. The minimum atomic E-state index is -3.24. The second-order valence-electron chi connectivity index (χ2n) is 4.97. The molecule has 1 aromatic heterocycles.